The first-order valence-electron chi connectivity index (χ1n) is 7.86. The van der Waals surface area contributed by atoms with Gasteiger partial charge in [0.05, 0.1) is 11.9 Å². The Morgan fingerprint density at radius 3 is 2.61 bits per heavy atom. The second-order valence-electron chi connectivity index (χ2n) is 5.89. The van der Waals surface area contributed by atoms with E-state index in [0.29, 0.717) is 0 Å². The Hall–Kier alpha value is -2.62. The first kappa shape index (κ1) is 15.3. The number of benzene rings is 2. The maximum absolute atomic E-state index is 12.5. The molecule has 0 fully saturated rings. The van der Waals surface area contributed by atoms with E-state index in [9.17, 15) is 4.79 Å². The van der Waals surface area contributed by atoms with Gasteiger partial charge in [-0.15, -0.1) is 0 Å². The van der Waals surface area contributed by atoms with Gasteiger partial charge in [-0.05, 0) is 48.7 Å². The van der Waals surface area contributed by atoms with Crippen molar-refractivity contribution in [3.63, 3.8) is 0 Å². The number of nitrogens with zero attached hydrogens (tertiary/aromatic N) is 3. The number of para-hydroxylation sites is 1. The van der Waals surface area contributed by atoms with Crippen molar-refractivity contribution in [3.05, 3.63) is 54.1 Å². The maximum Gasteiger partial charge on any atom is 0.269 e. The van der Waals surface area contributed by atoms with Gasteiger partial charge in [0.15, 0.2) is 0 Å². The van der Waals surface area contributed by atoms with E-state index in [1.54, 1.807) is 0 Å². The van der Waals surface area contributed by atoms with E-state index in [-0.39, 0.29) is 5.91 Å². The molecule has 23 heavy (non-hydrogen) atoms. The number of fused-ring (bicyclic) bond motifs is 1. The van der Waals surface area contributed by atoms with E-state index < -0.39 is 0 Å². The molecular weight excluding hydrogens is 286 g/mol. The Labute approximate surface area is 137 Å². The molecular formula is C19H21N3O. The number of hydrogen-bond acceptors (Lipinski definition) is 3. The van der Waals surface area contributed by atoms with Gasteiger partial charge in [-0.2, -0.15) is 0 Å². The molecule has 1 amide bonds. The number of amides is 1. The minimum Gasteiger partial charge on any atom is -0.378 e. The van der Waals surface area contributed by atoms with Crippen LogP contribution in [0.3, 0.4) is 0 Å². The molecule has 118 valence electrons. The van der Waals surface area contributed by atoms with E-state index in [4.69, 9.17) is 0 Å². The summed E-state index contributed by atoms with van der Waals surface area (Å²) in [6, 6.07) is 15.9. The number of aryl methyl sites for hydroxylation is 1. The number of carbonyl (C=O) groups excluding carboxylic acids is 1. The molecule has 0 aliphatic carbocycles. The summed E-state index contributed by atoms with van der Waals surface area (Å²) in [5, 5.41) is 0. The molecule has 0 spiro atoms. The molecule has 1 aliphatic rings. The average Bonchev–Trinajstić information content (AvgIpc) is 2.59. The molecule has 4 nitrogen and oxygen atoms in total. The van der Waals surface area contributed by atoms with Gasteiger partial charge in [0.2, 0.25) is 0 Å². The van der Waals surface area contributed by atoms with Crippen molar-refractivity contribution in [3.8, 4) is 0 Å². The van der Waals surface area contributed by atoms with Gasteiger partial charge in [-0.25, -0.2) is 0 Å². The lowest BCUT2D eigenvalue weighted by Gasteiger charge is -2.28. The van der Waals surface area contributed by atoms with Gasteiger partial charge in [0.25, 0.3) is 5.91 Å². The van der Waals surface area contributed by atoms with Crippen molar-refractivity contribution in [1.82, 2.24) is 0 Å². The molecule has 0 N–H and O–H groups in total. The lowest BCUT2D eigenvalue weighted by molar-refractivity contribution is -0.112. The Morgan fingerprint density at radius 2 is 1.87 bits per heavy atom. The number of rotatable bonds is 3. The average molecular weight is 307 g/mol. The van der Waals surface area contributed by atoms with Crippen LogP contribution in [0.2, 0.25) is 0 Å². The summed E-state index contributed by atoms with van der Waals surface area (Å²) in [4.78, 5) is 20.6. The zero-order valence-corrected chi connectivity index (χ0v) is 13.6. The van der Waals surface area contributed by atoms with Crippen molar-refractivity contribution in [2.45, 2.75) is 12.8 Å². The normalized spacial score (nSPS) is 13.9. The van der Waals surface area contributed by atoms with Crippen molar-refractivity contribution >= 4 is 29.2 Å². The molecule has 0 unspecified atom stereocenters. The van der Waals surface area contributed by atoms with Crippen molar-refractivity contribution < 1.29 is 4.79 Å². The van der Waals surface area contributed by atoms with E-state index in [1.807, 2.05) is 66.4 Å². The van der Waals surface area contributed by atoms with E-state index >= 15 is 0 Å². The summed E-state index contributed by atoms with van der Waals surface area (Å²) in [7, 11) is 3.99. The zero-order valence-electron chi connectivity index (χ0n) is 13.6. The SMILES string of the molecule is CN(C)c1ccc(N=CC(=O)N2CCCc3ccccc32)cc1. The highest BCUT2D eigenvalue weighted by molar-refractivity contribution is 6.33. The molecule has 0 saturated heterocycles. The fraction of sp³-hybridized carbons (Fsp3) is 0.263. The quantitative estimate of drug-likeness (QED) is 0.814. The second kappa shape index (κ2) is 6.65. The molecule has 1 heterocycles. The summed E-state index contributed by atoms with van der Waals surface area (Å²) in [5.74, 6) is -0.0613. The van der Waals surface area contributed by atoms with Crippen molar-refractivity contribution in [2.75, 3.05) is 30.4 Å². The van der Waals surface area contributed by atoms with Gasteiger partial charge < -0.3 is 9.80 Å². The zero-order chi connectivity index (χ0) is 16.2. The van der Waals surface area contributed by atoms with Crippen molar-refractivity contribution in [2.24, 2.45) is 4.99 Å². The van der Waals surface area contributed by atoms with E-state index in [1.165, 1.54) is 11.8 Å². The number of carbonyl (C=O) groups is 1. The summed E-state index contributed by atoms with van der Waals surface area (Å²) in [5.41, 5.74) is 4.14. The standard InChI is InChI=1S/C19H21N3O/c1-21(2)17-11-9-16(10-12-17)20-14-19(23)22-13-5-7-15-6-3-4-8-18(15)22/h3-4,6,8-12,14H,5,7,13H2,1-2H3. The molecule has 0 radical (unpaired) electrons. The Kier molecular flexibility index (Phi) is 4.42. The summed E-state index contributed by atoms with van der Waals surface area (Å²) in [6.07, 6.45) is 3.45. The van der Waals surface area contributed by atoms with Crippen LogP contribution in [-0.2, 0) is 11.2 Å². The van der Waals surface area contributed by atoms with Crippen LogP contribution in [0.5, 0.6) is 0 Å². The predicted molar refractivity (Wildman–Crippen MR) is 96.0 cm³/mol. The molecule has 0 bridgehead atoms. The maximum atomic E-state index is 12.5. The number of aliphatic imine (C=N–C) groups is 1. The highest BCUT2D eigenvalue weighted by Crippen LogP contribution is 2.26. The molecule has 0 atom stereocenters. The minimum atomic E-state index is -0.0613. The first-order chi connectivity index (χ1) is 11.1. The largest absolute Gasteiger partial charge is 0.378 e. The van der Waals surface area contributed by atoms with Crippen LogP contribution in [0, 0.1) is 0 Å². The lowest BCUT2D eigenvalue weighted by Crippen LogP contribution is -2.36. The highest BCUT2D eigenvalue weighted by atomic mass is 16.2. The van der Waals surface area contributed by atoms with Crippen LogP contribution >= 0.6 is 0 Å². The minimum absolute atomic E-state index is 0.0613. The van der Waals surface area contributed by atoms with Gasteiger partial charge >= 0.3 is 0 Å². The third-order valence-electron chi connectivity index (χ3n) is 4.07. The molecule has 0 aromatic heterocycles. The second-order valence-corrected chi connectivity index (χ2v) is 5.89. The fourth-order valence-electron chi connectivity index (χ4n) is 2.80. The number of anilines is 2. The predicted octanol–water partition coefficient (Wildman–Crippen LogP) is 3.43. The molecule has 0 saturated carbocycles. The number of hydrogen-bond donors (Lipinski definition) is 0. The van der Waals surface area contributed by atoms with E-state index in [0.717, 1.165) is 36.4 Å². The molecule has 3 rings (SSSR count). The van der Waals surface area contributed by atoms with Crippen LogP contribution in [0.4, 0.5) is 17.1 Å². The smallest absolute Gasteiger partial charge is 0.269 e. The summed E-state index contributed by atoms with van der Waals surface area (Å²) in [6.45, 7) is 0.751. The van der Waals surface area contributed by atoms with Gasteiger partial charge in [0.1, 0.15) is 0 Å². The molecule has 4 heteroatoms. The highest BCUT2D eigenvalue weighted by Gasteiger charge is 2.20. The lowest BCUT2D eigenvalue weighted by atomic mass is 10.0. The van der Waals surface area contributed by atoms with Gasteiger partial charge in [-0.3, -0.25) is 9.79 Å². The Bertz CT molecular complexity index is 720. The van der Waals surface area contributed by atoms with E-state index in [2.05, 4.69) is 11.1 Å². The third kappa shape index (κ3) is 3.42. The Balaban J connectivity index is 1.74. The molecule has 2 aromatic rings. The van der Waals surface area contributed by atoms with Crippen LogP contribution in [0.15, 0.2) is 53.5 Å². The van der Waals surface area contributed by atoms with Crippen LogP contribution in [0.1, 0.15) is 12.0 Å². The first-order valence-corrected chi connectivity index (χ1v) is 7.86. The van der Waals surface area contributed by atoms with Gasteiger partial charge in [-0.1, -0.05) is 18.2 Å². The molecule has 2 aromatic carbocycles. The van der Waals surface area contributed by atoms with Crippen molar-refractivity contribution in [1.29, 1.82) is 0 Å². The summed E-state index contributed by atoms with van der Waals surface area (Å²) < 4.78 is 0. The fourth-order valence-corrected chi connectivity index (χ4v) is 2.80. The monoisotopic (exact) mass is 307 g/mol. The van der Waals surface area contributed by atoms with Crippen LogP contribution in [0.25, 0.3) is 0 Å². The topological polar surface area (TPSA) is 35.9 Å². The van der Waals surface area contributed by atoms with Gasteiger partial charge in [0, 0.05) is 32.0 Å². The Morgan fingerprint density at radius 1 is 1.13 bits per heavy atom. The third-order valence-corrected chi connectivity index (χ3v) is 4.07. The summed E-state index contributed by atoms with van der Waals surface area (Å²) >= 11 is 0. The molecule has 1 aliphatic heterocycles. The van der Waals surface area contributed by atoms with Crippen LogP contribution in [-0.4, -0.2) is 32.8 Å². The van der Waals surface area contributed by atoms with Crippen LogP contribution < -0.4 is 9.80 Å².